The Labute approximate surface area is 110 Å². The monoisotopic (exact) mass is 262 g/mol. The Morgan fingerprint density at radius 3 is 2.83 bits per heavy atom. The molecule has 4 heteroatoms. The van der Waals surface area contributed by atoms with Crippen molar-refractivity contribution in [2.45, 2.75) is 19.9 Å². The van der Waals surface area contributed by atoms with Crippen LogP contribution < -0.4 is 5.32 Å². The van der Waals surface area contributed by atoms with Crippen LogP contribution in [0.2, 0.25) is 0 Å². The lowest BCUT2D eigenvalue weighted by atomic mass is 10.1. The summed E-state index contributed by atoms with van der Waals surface area (Å²) in [5.41, 5.74) is 2.10. The standard InChI is InChI=1S/C14H18N2OS/c1-10-8-12-6-4-5-7-13(12)16-14(10)15-11(2)9-18(3)17/h4-8,11H,9H2,1-3H3,(H,15,16). The highest BCUT2D eigenvalue weighted by atomic mass is 32.2. The lowest BCUT2D eigenvalue weighted by Crippen LogP contribution is -2.23. The molecular weight excluding hydrogens is 244 g/mol. The number of rotatable bonds is 4. The minimum absolute atomic E-state index is 0.156. The molecule has 0 spiro atoms. The molecule has 2 rings (SSSR count). The fraction of sp³-hybridized carbons (Fsp3) is 0.357. The third kappa shape index (κ3) is 3.07. The molecule has 1 aromatic heterocycles. The maximum absolute atomic E-state index is 11.2. The predicted molar refractivity (Wildman–Crippen MR) is 78.5 cm³/mol. The Kier molecular flexibility index (Phi) is 3.97. The van der Waals surface area contributed by atoms with Crippen LogP contribution in [-0.2, 0) is 10.8 Å². The van der Waals surface area contributed by atoms with E-state index in [9.17, 15) is 4.21 Å². The first-order valence-electron chi connectivity index (χ1n) is 5.99. The lowest BCUT2D eigenvalue weighted by molar-refractivity contribution is 0.683. The molecule has 3 nitrogen and oxygen atoms in total. The number of hydrogen-bond acceptors (Lipinski definition) is 3. The van der Waals surface area contributed by atoms with Crippen LogP contribution in [0.5, 0.6) is 0 Å². The normalized spacial score (nSPS) is 14.4. The van der Waals surface area contributed by atoms with Crippen molar-refractivity contribution in [1.82, 2.24) is 4.98 Å². The highest BCUT2D eigenvalue weighted by Gasteiger charge is 2.08. The number of para-hydroxylation sites is 1. The highest BCUT2D eigenvalue weighted by molar-refractivity contribution is 7.84. The van der Waals surface area contributed by atoms with Gasteiger partial charge in [-0.3, -0.25) is 4.21 Å². The van der Waals surface area contributed by atoms with Crippen molar-refractivity contribution in [3.63, 3.8) is 0 Å². The van der Waals surface area contributed by atoms with E-state index in [-0.39, 0.29) is 6.04 Å². The molecule has 96 valence electrons. The van der Waals surface area contributed by atoms with Gasteiger partial charge in [0.1, 0.15) is 5.82 Å². The van der Waals surface area contributed by atoms with Crippen molar-refractivity contribution in [2.75, 3.05) is 17.3 Å². The summed E-state index contributed by atoms with van der Waals surface area (Å²) >= 11 is 0. The van der Waals surface area contributed by atoms with Gasteiger partial charge in [0.25, 0.3) is 0 Å². The zero-order valence-corrected chi connectivity index (χ0v) is 11.8. The van der Waals surface area contributed by atoms with Gasteiger partial charge in [-0.05, 0) is 31.5 Å². The quantitative estimate of drug-likeness (QED) is 0.921. The molecule has 1 N–H and O–H groups in total. The van der Waals surface area contributed by atoms with Crippen molar-refractivity contribution in [3.05, 3.63) is 35.9 Å². The van der Waals surface area contributed by atoms with Crippen LogP contribution in [-0.4, -0.2) is 27.2 Å². The molecule has 18 heavy (non-hydrogen) atoms. The molecule has 0 aliphatic carbocycles. The summed E-state index contributed by atoms with van der Waals surface area (Å²) in [6.45, 7) is 4.06. The molecule has 0 amide bonds. The molecule has 1 heterocycles. The Bertz CT molecular complexity index is 583. The third-order valence-electron chi connectivity index (χ3n) is 2.78. The highest BCUT2D eigenvalue weighted by Crippen LogP contribution is 2.20. The topological polar surface area (TPSA) is 42.0 Å². The van der Waals surface area contributed by atoms with Gasteiger partial charge in [0.2, 0.25) is 0 Å². The average Bonchev–Trinajstić information content (AvgIpc) is 2.29. The van der Waals surface area contributed by atoms with Crippen LogP contribution in [0.1, 0.15) is 12.5 Å². The third-order valence-corrected chi connectivity index (χ3v) is 3.75. The van der Waals surface area contributed by atoms with E-state index in [2.05, 4.69) is 22.4 Å². The van der Waals surface area contributed by atoms with Crippen molar-refractivity contribution < 1.29 is 4.21 Å². The van der Waals surface area contributed by atoms with Crippen molar-refractivity contribution in [2.24, 2.45) is 0 Å². The Morgan fingerprint density at radius 1 is 1.39 bits per heavy atom. The number of nitrogens with one attached hydrogen (secondary N) is 1. The van der Waals surface area contributed by atoms with E-state index < -0.39 is 10.8 Å². The second kappa shape index (κ2) is 5.48. The molecule has 0 fully saturated rings. The van der Waals surface area contributed by atoms with Crippen LogP contribution in [0, 0.1) is 6.92 Å². The van der Waals surface area contributed by atoms with E-state index in [1.54, 1.807) is 6.26 Å². The molecule has 0 bridgehead atoms. The van der Waals surface area contributed by atoms with Crippen molar-refractivity contribution >= 4 is 27.5 Å². The van der Waals surface area contributed by atoms with Gasteiger partial charge in [-0.25, -0.2) is 4.98 Å². The summed E-state index contributed by atoms with van der Waals surface area (Å²) in [6.07, 6.45) is 1.72. The van der Waals surface area contributed by atoms with Gasteiger partial charge in [-0.15, -0.1) is 0 Å². The van der Waals surface area contributed by atoms with E-state index in [0.717, 1.165) is 22.3 Å². The minimum Gasteiger partial charge on any atom is -0.366 e. The van der Waals surface area contributed by atoms with E-state index in [1.165, 1.54) is 0 Å². The summed E-state index contributed by atoms with van der Waals surface area (Å²) in [7, 11) is -0.793. The van der Waals surface area contributed by atoms with E-state index in [1.807, 2.05) is 32.0 Å². The molecule has 0 saturated heterocycles. The number of pyridine rings is 1. The number of anilines is 1. The van der Waals surface area contributed by atoms with E-state index in [0.29, 0.717) is 5.75 Å². The van der Waals surface area contributed by atoms with Gasteiger partial charge in [0.05, 0.1) is 5.52 Å². The first-order valence-corrected chi connectivity index (χ1v) is 7.72. The molecule has 1 aromatic carbocycles. The predicted octanol–water partition coefficient (Wildman–Crippen LogP) is 2.72. The number of nitrogens with zero attached hydrogens (tertiary/aromatic N) is 1. The maximum atomic E-state index is 11.2. The Morgan fingerprint density at radius 2 is 2.11 bits per heavy atom. The van der Waals surface area contributed by atoms with Gasteiger partial charge in [0.15, 0.2) is 0 Å². The van der Waals surface area contributed by atoms with E-state index in [4.69, 9.17) is 0 Å². The molecule has 2 atom stereocenters. The molecule has 0 radical (unpaired) electrons. The van der Waals surface area contributed by atoms with Crippen LogP contribution in [0.15, 0.2) is 30.3 Å². The van der Waals surface area contributed by atoms with E-state index >= 15 is 0 Å². The molecule has 2 unspecified atom stereocenters. The summed E-state index contributed by atoms with van der Waals surface area (Å²) in [6, 6.07) is 10.3. The average molecular weight is 262 g/mol. The van der Waals surface area contributed by atoms with Gasteiger partial charge in [-0.1, -0.05) is 18.2 Å². The zero-order chi connectivity index (χ0) is 13.1. The summed E-state index contributed by atoms with van der Waals surface area (Å²) in [4.78, 5) is 4.61. The zero-order valence-electron chi connectivity index (χ0n) is 10.9. The van der Waals surface area contributed by atoms with Gasteiger partial charge in [-0.2, -0.15) is 0 Å². The number of aromatic nitrogens is 1. The van der Waals surface area contributed by atoms with Gasteiger partial charge in [0, 0.05) is 34.2 Å². The second-order valence-corrected chi connectivity index (χ2v) is 6.11. The number of benzene rings is 1. The van der Waals surface area contributed by atoms with Crippen molar-refractivity contribution in [1.29, 1.82) is 0 Å². The SMILES string of the molecule is Cc1cc2ccccc2nc1NC(C)CS(C)=O. The molecule has 2 aromatic rings. The largest absolute Gasteiger partial charge is 0.366 e. The molecule has 0 saturated carbocycles. The fourth-order valence-corrected chi connectivity index (χ4v) is 2.78. The second-order valence-electron chi connectivity index (χ2n) is 4.63. The van der Waals surface area contributed by atoms with Gasteiger partial charge < -0.3 is 5.32 Å². The van der Waals surface area contributed by atoms with Crippen LogP contribution in [0.4, 0.5) is 5.82 Å². The summed E-state index contributed by atoms with van der Waals surface area (Å²) in [5, 5.41) is 4.48. The minimum atomic E-state index is -0.793. The molecular formula is C14H18N2OS. The molecule has 0 aliphatic rings. The Balaban J connectivity index is 2.27. The summed E-state index contributed by atoms with van der Waals surface area (Å²) < 4.78 is 11.2. The molecule has 0 aliphatic heterocycles. The van der Waals surface area contributed by atoms with Crippen molar-refractivity contribution in [3.8, 4) is 0 Å². The van der Waals surface area contributed by atoms with Crippen LogP contribution >= 0.6 is 0 Å². The van der Waals surface area contributed by atoms with Crippen LogP contribution in [0.25, 0.3) is 10.9 Å². The maximum Gasteiger partial charge on any atom is 0.129 e. The van der Waals surface area contributed by atoms with Gasteiger partial charge >= 0.3 is 0 Å². The first-order chi connectivity index (χ1) is 8.56. The number of fused-ring (bicyclic) bond motifs is 1. The number of aryl methyl sites for hydroxylation is 1. The smallest absolute Gasteiger partial charge is 0.129 e. The first kappa shape index (κ1) is 13.0. The Hall–Kier alpha value is -1.42. The fourth-order valence-electron chi connectivity index (χ4n) is 1.99. The van der Waals surface area contributed by atoms with Crippen LogP contribution in [0.3, 0.4) is 0 Å². The number of hydrogen-bond donors (Lipinski definition) is 1. The lowest BCUT2D eigenvalue weighted by Gasteiger charge is -2.15. The summed E-state index contributed by atoms with van der Waals surface area (Å²) in [5.74, 6) is 1.51.